The lowest BCUT2D eigenvalue weighted by Crippen LogP contribution is -2.06. The highest BCUT2D eigenvalue weighted by Crippen LogP contribution is 2.20. The Bertz CT molecular complexity index is 471. The van der Waals surface area contributed by atoms with E-state index in [0.29, 0.717) is 5.88 Å². The molecule has 0 saturated heterocycles. The lowest BCUT2D eigenvalue weighted by Gasteiger charge is -2.15. The maximum absolute atomic E-state index is 5.09. The molecule has 0 fully saturated rings. The van der Waals surface area contributed by atoms with Gasteiger partial charge in [0.1, 0.15) is 0 Å². The molecule has 0 aliphatic carbocycles. The molecule has 1 aromatic carbocycles. The van der Waals surface area contributed by atoms with E-state index in [-0.39, 0.29) is 6.04 Å². The quantitative estimate of drug-likeness (QED) is 0.872. The van der Waals surface area contributed by atoms with E-state index in [9.17, 15) is 0 Å². The smallest absolute Gasteiger partial charge is 0.214 e. The van der Waals surface area contributed by atoms with E-state index < -0.39 is 0 Å². The number of nitrogens with zero attached hydrogens (tertiary/aromatic N) is 1. The molecular weight excluding hydrogens is 212 g/mol. The summed E-state index contributed by atoms with van der Waals surface area (Å²) in [4.78, 5) is 4.08. The van der Waals surface area contributed by atoms with Crippen LogP contribution in [0.2, 0.25) is 0 Å². The Morgan fingerprint density at radius 3 is 2.65 bits per heavy atom. The van der Waals surface area contributed by atoms with Gasteiger partial charge in [0.15, 0.2) is 0 Å². The van der Waals surface area contributed by atoms with Crippen LogP contribution < -0.4 is 10.1 Å². The van der Waals surface area contributed by atoms with Gasteiger partial charge in [0, 0.05) is 24.0 Å². The van der Waals surface area contributed by atoms with Crippen molar-refractivity contribution >= 4 is 5.69 Å². The monoisotopic (exact) mass is 228 g/mol. The van der Waals surface area contributed by atoms with E-state index in [1.54, 1.807) is 13.3 Å². The zero-order valence-electron chi connectivity index (χ0n) is 10.1. The van der Waals surface area contributed by atoms with Crippen LogP contribution in [0, 0.1) is 0 Å². The third kappa shape index (κ3) is 2.97. The second kappa shape index (κ2) is 5.34. The molecular formula is C14H16N2O. The molecule has 3 heteroatoms. The van der Waals surface area contributed by atoms with Gasteiger partial charge in [-0.2, -0.15) is 0 Å². The second-order valence-corrected chi connectivity index (χ2v) is 3.86. The lowest BCUT2D eigenvalue weighted by molar-refractivity contribution is 0.398. The minimum absolute atomic E-state index is 0.253. The fourth-order valence-electron chi connectivity index (χ4n) is 1.69. The molecule has 1 heterocycles. The number of ether oxygens (including phenoxy) is 1. The Kier molecular flexibility index (Phi) is 3.60. The predicted octanol–water partition coefficient (Wildman–Crippen LogP) is 3.26. The number of hydrogen-bond acceptors (Lipinski definition) is 3. The highest BCUT2D eigenvalue weighted by molar-refractivity contribution is 5.47. The molecule has 1 aromatic heterocycles. The van der Waals surface area contributed by atoms with Crippen molar-refractivity contribution in [3.05, 3.63) is 54.2 Å². The molecule has 0 bridgehead atoms. The summed E-state index contributed by atoms with van der Waals surface area (Å²) in [6.07, 6.45) is 1.74. The maximum Gasteiger partial charge on any atom is 0.214 e. The molecule has 0 radical (unpaired) electrons. The molecule has 0 aliphatic rings. The molecule has 0 spiro atoms. The average molecular weight is 228 g/mol. The summed E-state index contributed by atoms with van der Waals surface area (Å²) in [5, 5.41) is 3.41. The number of hydrogen-bond donors (Lipinski definition) is 1. The molecule has 0 saturated carbocycles. The summed E-state index contributed by atoms with van der Waals surface area (Å²) < 4.78 is 5.09. The maximum atomic E-state index is 5.09. The van der Waals surface area contributed by atoms with Crippen LogP contribution in [0.1, 0.15) is 18.5 Å². The number of methoxy groups -OCH3 is 1. The standard InChI is InChI=1S/C14H16N2O/c1-11(12-6-4-3-5-7-12)16-13-8-9-15-14(10-13)17-2/h3-11H,1-2H3,(H,15,16). The number of rotatable bonds is 4. The van der Waals surface area contributed by atoms with Crippen LogP contribution in [-0.2, 0) is 0 Å². The van der Waals surface area contributed by atoms with E-state index in [0.717, 1.165) is 5.69 Å². The van der Waals surface area contributed by atoms with Gasteiger partial charge < -0.3 is 10.1 Å². The zero-order valence-corrected chi connectivity index (χ0v) is 10.1. The summed E-state index contributed by atoms with van der Waals surface area (Å²) in [6.45, 7) is 2.13. The normalized spacial score (nSPS) is 11.9. The molecule has 0 amide bonds. The van der Waals surface area contributed by atoms with Crippen molar-refractivity contribution in [2.24, 2.45) is 0 Å². The number of nitrogens with one attached hydrogen (secondary N) is 1. The fraction of sp³-hybridized carbons (Fsp3) is 0.214. The first kappa shape index (κ1) is 11.5. The van der Waals surface area contributed by atoms with Crippen LogP contribution in [0.3, 0.4) is 0 Å². The number of pyridine rings is 1. The van der Waals surface area contributed by atoms with E-state index in [2.05, 4.69) is 29.4 Å². The third-order valence-corrected chi connectivity index (χ3v) is 2.63. The van der Waals surface area contributed by atoms with E-state index in [1.165, 1.54) is 5.56 Å². The van der Waals surface area contributed by atoms with Gasteiger partial charge in [-0.05, 0) is 18.6 Å². The van der Waals surface area contributed by atoms with Crippen LogP contribution in [0.15, 0.2) is 48.7 Å². The molecule has 2 rings (SSSR count). The topological polar surface area (TPSA) is 34.1 Å². The fourth-order valence-corrected chi connectivity index (χ4v) is 1.69. The number of benzene rings is 1. The summed E-state index contributed by atoms with van der Waals surface area (Å²) in [5.74, 6) is 0.621. The van der Waals surface area contributed by atoms with Crippen molar-refractivity contribution in [2.75, 3.05) is 12.4 Å². The first-order valence-corrected chi connectivity index (χ1v) is 5.61. The number of anilines is 1. The molecule has 1 N–H and O–H groups in total. The Hall–Kier alpha value is -2.03. The van der Waals surface area contributed by atoms with Crippen molar-refractivity contribution < 1.29 is 4.74 Å². The average Bonchev–Trinajstić information content (AvgIpc) is 2.40. The minimum atomic E-state index is 0.253. The van der Waals surface area contributed by atoms with E-state index in [1.807, 2.05) is 30.3 Å². The van der Waals surface area contributed by atoms with Crippen LogP contribution in [0.4, 0.5) is 5.69 Å². The molecule has 2 aromatic rings. The Morgan fingerprint density at radius 2 is 1.94 bits per heavy atom. The van der Waals surface area contributed by atoms with Gasteiger partial charge in [0.05, 0.1) is 7.11 Å². The Balaban J connectivity index is 2.10. The Labute approximate surface area is 101 Å². The predicted molar refractivity (Wildman–Crippen MR) is 69.3 cm³/mol. The molecule has 1 atom stereocenters. The van der Waals surface area contributed by atoms with Crippen molar-refractivity contribution in [1.82, 2.24) is 4.98 Å². The highest BCUT2D eigenvalue weighted by Gasteiger charge is 2.05. The van der Waals surface area contributed by atoms with Crippen LogP contribution in [-0.4, -0.2) is 12.1 Å². The highest BCUT2D eigenvalue weighted by atomic mass is 16.5. The third-order valence-electron chi connectivity index (χ3n) is 2.63. The van der Waals surface area contributed by atoms with Gasteiger partial charge in [-0.25, -0.2) is 4.98 Å². The Morgan fingerprint density at radius 1 is 1.18 bits per heavy atom. The molecule has 17 heavy (non-hydrogen) atoms. The summed E-state index contributed by atoms with van der Waals surface area (Å²) in [6, 6.07) is 14.4. The lowest BCUT2D eigenvalue weighted by atomic mass is 10.1. The largest absolute Gasteiger partial charge is 0.481 e. The number of aromatic nitrogens is 1. The van der Waals surface area contributed by atoms with Crippen LogP contribution in [0.5, 0.6) is 5.88 Å². The molecule has 88 valence electrons. The van der Waals surface area contributed by atoms with Gasteiger partial charge in [-0.15, -0.1) is 0 Å². The molecule has 1 unspecified atom stereocenters. The summed E-state index contributed by atoms with van der Waals surface area (Å²) >= 11 is 0. The summed E-state index contributed by atoms with van der Waals surface area (Å²) in [5.41, 5.74) is 2.26. The van der Waals surface area contributed by atoms with Crippen molar-refractivity contribution in [1.29, 1.82) is 0 Å². The SMILES string of the molecule is COc1cc(NC(C)c2ccccc2)ccn1. The molecule has 3 nitrogen and oxygen atoms in total. The second-order valence-electron chi connectivity index (χ2n) is 3.86. The van der Waals surface area contributed by atoms with Gasteiger partial charge in [0.25, 0.3) is 0 Å². The van der Waals surface area contributed by atoms with Gasteiger partial charge >= 0.3 is 0 Å². The van der Waals surface area contributed by atoms with Gasteiger partial charge in [0.2, 0.25) is 5.88 Å². The van der Waals surface area contributed by atoms with Gasteiger partial charge in [-0.1, -0.05) is 30.3 Å². The first-order valence-electron chi connectivity index (χ1n) is 5.61. The van der Waals surface area contributed by atoms with Crippen LogP contribution >= 0.6 is 0 Å². The first-order chi connectivity index (χ1) is 8.29. The van der Waals surface area contributed by atoms with Gasteiger partial charge in [-0.3, -0.25) is 0 Å². The summed E-state index contributed by atoms with van der Waals surface area (Å²) in [7, 11) is 1.62. The van der Waals surface area contributed by atoms with Crippen molar-refractivity contribution in [2.45, 2.75) is 13.0 Å². The van der Waals surface area contributed by atoms with Crippen molar-refractivity contribution in [3.63, 3.8) is 0 Å². The van der Waals surface area contributed by atoms with E-state index in [4.69, 9.17) is 4.74 Å². The van der Waals surface area contributed by atoms with E-state index >= 15 is 0 Å². The van der Waals surface area contributed by atoms with Crippen LogP contribution in [0.25, 0.3) is 0 Å². The zero-order chi connectivity index (χ0) is 12.1. The van der Waals surface area contributed by atoms with Crippen molar-refractivity contribution in [3.8, 4) is 5.88 Å². The minimum Gasteiger partial charge on any atom is -0.481 e. The molecule has 0 aliphatic heterocycles.